The van der Waals surface area contributed by atoms with Crippen LogP contribution in [0.2, 0.25) is 0 Å². The molecule has 2 aliphatic rings. The molecule has 12 nitrogen and oxygen atoms in total. The molecule has 6 rings (SSSR count). The van der Waals surface area contributed by atoms with Crippen molar-refractivity contribution in [3.8, 4) is 11.1 Å². The molecule has 0 saturated carbocycles. The molecule has 0 unspecified atom stereocenters. The van der Waals surface area contributed by atoms with Crippen molar-refractivity contribution in [1.29, 1.82) is 0 Å². The minimum absolute atomic E-state index is 0.0672. The van der Waals surface area contributed by atoms with Gasteiger partial charge in [-0.1, -0.05) is 62.1 Å². The Morgan fingerprint density at radius 3 is 1.65 bits per heavy atom. The van der Waals surface area contributed by atoms with Gasteiger partial charge in [-0.3, -0.25) is 14.6 Å². The van der Waals surface area contributed by atoms with E-state index in [0.29, 0.717) is 30.6 Å². The summed E-state index contributed by atoms with van der Waals surface area (Å²) >= 11 is 0. The zero-order chi connectivity index (χ0) is 49.3. The van der Waals surface area contributed by atoms with Crippen molar-refractivity contribution in [3.05, 3.63) is 142 Å². The molecule has 0 fully saturated rings. The Kier molecular flexibility index (Phi) is 18.7. The van der Waals surface area contributed by atoms with Crippen molar-refractivity contribution in [2.24, 2.45) is 15.7 Å². The molecule has 0 saturated heterocycles. The number of hydrogen-bond donors (Lipinski definition) is 7. The molecule has 0 aromatic heterocycles. The molecule has 0 heterocycles. The lowest BCUT2D eigenvalue weighted by atomic mass is 10.0. The van der Waals surface area contributed by atoms with Gasteiger partial charge in [0, 0.05) is 97.5 Å². The highest BCUT2D eigenvalue weighted by Gasteiger charge is 2.16. The van der Waals surface area contributed by atoms with Gasteiger partial charge in [0.25, 0.3) is 11.8 Å². The highest BCUT2D eigenvalue weighted by Crippen LogP contribution is 2.34. The Labute approximate surface area is 410 Å². The van der Waals surface area contributed by atoms with Gasteiger partial charge in [0.05, 0.1) is 11.4 Å². The van der Waals surface area contributed by atoms with E-state index < -0.39 is 0 Å². The number of nitrogen functional groups attached to an aromatic ring is 1. The Morgan fingerprint density at radius 2 is 1.12 bits per heavy atom. The lowest BCUT2D eigenvalue weighted by molar-refractivity contribution is -0.393. The summed E-state index contributed by atoms with van der Waals surface area (Å²) in [5.41, 5.74) is 29.2. The molecule has 2 aliphatic carbocycles. The van der Waals surface area contributed by atoms with Crippen molar-refractivity contribution in [2.75, 3.05) is 56.6 Å². The van der Waals surface area contributed by atoms with Gasteiger partial charge < -0.3 is 38.1 Å². The SMILES string of the molecule is C=[N+](C)c1cc(NCCCCCCNC(=O)c2ccc(-c3ccc(C(=O)NCCCCCCNC4=CCC(=Nc5cc(C)c(N)cc5NC)C=C4C)cc3)cc2)c(C)cc1N=C1C=C(C)C(N)=CC1. The molecular formula is C57H73N10O2+. The number of amides is 2. The van der Waals surface area contributed by atoms with Crippen LogP contribution in [0.4, 0.5) is 34.1 Å². The predicted octanol–water partition coefficient (Wildman–Crippen LogP) is 11.1. The van der Waals surface area contributed by atoms with E-state index in [-0.39, 0.29) is 11.8 Å². The Bertz CT molecular complexity index is 2670. The lowest BCUT2D eigenvalue weighted by Crippen LogP contribution is -2.24. The number of aryl methyl sites for hydroxylation is 2. The fraction of sp³-hybridized carbons (Fsp3) is 0.351. The second kappa shape index (κ2) is 25.2. The molecule has 2 amide bonds. The lowest BCUT2D eigenvalue weighted by Gasteiger charge is -2.17. The number of aliphatic imine (C=N–C) groups is 2. The Morgan fingerprint density at radius 1 is 0.609 bits per heavy atom. The van der Waals surface area contributed by atoms with Crippen LogP contribution in [-0.2, 0) is 0 Å². The number of nitrogens with two attached hydrogens (primary N) is 2. The van der Waals surface area contributed by atoms with Crippen molar-refractivity contribution < 1.29 is 14.2 Å². The molecule has 0 bridgehead atoms. The van der Waals surface area contributed by atoms with Crippen LogP contribution in [-0.4, -0.2) is 74.8 Å². The van der Waals surface area contributed by atoms with Gasteiger partial charge in [-0.15, -0.1) is 0 Å². The predicted molar refractivity (Wildman–Crippen MR) is 291 cm³/mol. The summed E-state index contributed by atoms with van der Waals surface area (Å²) in [5, 5.41) is 16.5. The molecule has 9 N–H and O–H groups in total. The van der Waals surface area contributed by atoms with Crippen molar-refractivity contribution in [3.63, 3.8) is 0 Å². The molecule has 362 valence electrons. The average Bonchev–Trinajstić information content (AvgIpc) is 3.33. The van der Waals surface area contributed by atoms with Gasteiger partial charge in [-0.25, -0.2) is 9.57 Å². The molecule has 0 atom stereocenters. The van der Waals surface area contributed by atoms with Crippen molar-refractivity contribution in [2.45, 2.75) is 91.9 Å². The zero-order valence-electron chi connectivity index (χ0n) is 41.7. The maximum Gasteiger partial charge on any atom is 0.251 e. The van der Waals surface area contributed by atoms with E-state index in [0.717, 1.165) is 150 Å². The van der Waals surface area contributed by atoms with Gasteiger partial charge in [0.2, 0.25) is 5.69 Å². The standard InChI is InChI=1S/C57H72N10O2/c1-38-32-46(24-26-48(38)58)66-54-35-41(4)51(37-55(54)67(6)7)62-29-13-9-11-15-31-64-57(69)45-22-18-43(19-23-45)42-16-20-44(21-17-42)56(68)63-30-14-10-8-12-28-61-50-27-25-47(33-40(50)3)65-53-34-39(2)49(59)36-52(53)60-5/h16-23,26-27,32-37,60-62H,6,8-15,24-25,28-31,58-59H2,1-5,7H3,(H-,63,64,68,69)/p+1. The number of anilines is 3. The number of carbonyl (C=O) groups is 2. The molecule has 69 heavy (non-hydrogen) atoms. The number of benzene rings is 4. The third-order valence-corrected chi connectivity index (χ3v) is 12.6. The third-order valence-electron chi connectivity index (χ3n) is 12.6. The second-order valence-corrected chi connectivity index (χ2v) is 18.2. The number of hydrogen-bond acceptors (Lipinski definition) is 9. The quantitative estimate of drug-likeness (QED) is 0.0168. The fourth-order valence-electron chi connectivity index (χ4n) is 8.36. The van der Waals surface area contributed by atoms with Crippen LogP contribution < -0.4 is 38.1 Å². The van der Waals surface area contributed by atoms with Crippen LogP contribution in [0.25, 0.3) is 11.1 Å². The molecular weight excluding hydrogens is 857 g/mol. The van der Waals surface area contributed by atoms with E-state index in [1.54, 1.807) is 0 Å². The van der Waals surface area contributed by atoms with Crippen LogP contribution in [0.1, 0.15) is 110 Å². The molecule has 0 aliphatic heterocycles. The van der Waals surface area contributed by atoms with E-state index in [1.807, 2.05) is 105 Å². The minimum Gasteiger partial charge on any atom is -0.399 e. The summed E-state index contributed by atoms with van der Waals surface area (Å²) in [6.07, 6.45) is 18.1. The van der Waals surface area contributed by atoms with Crippen molar-refractivity contribution in [1.82, 2.24) is 16.0 Å². The Hall–Kier alpha value is -7.21. The molecule has 12 heteroatoms. The highest BCUT2D eigenvalue weighted by atomic mass is 16.2. The van der Waals surface area contributed by atoms with Gasteiger partial charge in [-0.05, 0) is 141 Å². The van der Waals surface area contributed by atoms with Gasteiger partial charge in [-0.2, -0.15) is 0 Å². The molecule has 4 aromatic carbocycles. The first-order valence-corrected chi connectivity index (χ1v) is 24.5. The van der Waals surface area contributed by atoms with E-state index >= 15 is 0 Å². The van der Waals surface area contributed by atoms with Gasteiger partial charge in [0.15, 0.2) is 0 Å². The van der Waals surface area contributed by atoms with Gasteiger partial charge >= 0.3 is 0 Å². The largest absolute Gasteiger partial charge is 0.399 e. The number of allylic oxidation sites excluding steroid dienone is 6. The topological polar surface area (TPSA) is 174 Å². The number of nitrogens with one attached hydrogen (secondary N) is 5. The summed E-state index contributed by atoms with van der Waals surface area (Å²) in [6, 6.07) is 23.5. The van der Waals surface area contributed by atoms with E-state index in [2.05, 4.69) is 71.4 Å². The average molecular weight is 930 g/mol. The Balaban J connectivity index is 0.817. The normalized spacial score (nSPS) is 14.6. The smallest absolute Gasteiger partial charge is 0.251 e. The maximum absolute atomic E-state index is 12.9. The first-order valence-electron chi connectivity index (χ1n) is 24.5. The first-order chi connectivity index (χ1) is 33.3. The summed E-state index contributed by atoms with van der Waals surface area (Å²) in [5.74, 6) is -0.139. The summed E-state index contributed by atoms with van der Waals surface area (Å²) in [4.78, 5) is 35.6. The van der Waals surface area contributed by atoms with Crippen molar-refractivity contribution >= 4 is 64.1 Å². The van der Waals surface area contributed by atoms with Crippen LogP contribution >= 0.6 is 0 Å². The van der Waals surface area contributed by atoms with Crippen LogP contribution in [0, 0.1) is 13.8 Å². The monoisotopic (exact) mass is 930 g/mol. The number of carbonyl (C=O) groups excluding carboxylic acids is 2. The first kappa shape index (κ1) is 51.2. The van der Waals surface area contributed by atoms with Crippen LogP contribution in [0.15, 0.2) is 130 Å². The van der Waals surface area contributed by atoms with Crippen LogP contribution in [0.3, 0.4) is 0 Å². The highest BCUT2D eigenvalue weighted by molar-refractivity contribution is 6.02. The van der Waals surface area contributed by atoms with E-state index in [1.165, 1.54) is 11.3 Å². The molecule has 4 aromatic rings. The zero-order valence-corrected chi connectivity index (χ0v) is 41.7. The van der Waals surface area contributed by atoms with E-state index in [9.17, 15) is 9.59 Å². The van der Waals surface area contributed by atoms with E-state index in [4.69, 9.17) is 21.5 Å². The maximum atomic E-state index is 12.9. The summed E-state index contributed by atoms with van der Waals surface area (Å²) in [6.45, 7) is 15.4. The summed E-state index contributed by atoms with van der Waals surface area (Å²) < 4.78 is 1.86. The van der Waals surface area contributed by atoms with Gasteiger partial charge in [0.1, 0.15) is 19.5 Å². The number of rotatable bonds is 23. The summed E-state index contributed by atoms with van der Waals surface area (Å²) in [7, 11) is 3.82. The molecule has 0 spiro atoms. The fourth-order valence-corrected chi connectivity index (χ4v) is 8.36. The molecule has 0 radical (unpaired) electrons. The second-order valence-electron chi connectivity index (χ2n) is 18.2. The van der Waals surface area contributed by atoms with Crippen LogP contribution in [0.5, 0.6) is 0 Å². The number of nitrogens with zero attached hydrogens (tertiary/aromatic N) is 3. The number of unbranched alkanes of at least 4 members (excludes halogenated alkanes) is 6. The minimum atomic E-state index is -0.0720. The third kappa shape index (κ3) is 14.9.